The molecule has 0 radical (unpaired) electrons. The van der Waals surface area contributed by atoms with Gasteiger partial charge < -0.3 is 21.1 Å². The fraction of sp³-hybridized carbons (Fsp3) is 0.500. The molecule has 0 saturated carbocycles. The standard InChI is InChI=1S/C14H21N3O2S/c1-19-4-3-17(13-2-5-20-9-13)14(18)10-6-11(15)8-12(16)7-10/h6-8,13H,2-5,9,15-16H2,1H3. The van der Waals surface area contributed by atoms with Crippen molar-refractivity contribution in [3.8, 4) is 0 Å². The van der Waals surface area contributed by atoms with Gasteiger partial charge in [0.15, 0.2) is 0 Å². The lowest BCUT2D eigenvalue weighted by Crippen LogP contribution is -2.42. The van der Waals surface area contributed by atoms with Gasteiger partial charge in [0.1, 0.15) is 0 Å². The molecule has 0 bridgehead atoms. The third-order valence-electron chi connectivity index (χ3n) is 3.37. The van der Waals surface area contributed by atoms with Crippen LogP contribution < -0.4 is 11.5 Å². The Morgan fingerprint density at radius 3 is 2.65 bits per heavy atom. The summed E-state index contributed by atoms with van der Waals surface area (Å²) in [7, 11) is 1.64. The van der Waals surface area contributed by atoms with Crippen LogP contribution in [0.4, 0.5) is 11.4 Å². The van der Waals surface area contributed by atoms with Crippen molar-refractivity contribution in [2.45, 2.75) is 12.5 Å². The van der Waals surface area contributed by atoms with Crippen LogP contribution in [0.5, 0.6) is 0 Å². The third kappa shape index (κ3) is 3.58. The minimum atomic E-state index is -0.0199. The maximum Gasteiger partial charge on any atom is 0.254 e. The highest BCUT2D eigenvalue weighted by Crippen LogP contribution is 2.24. The molecule has 4 N–H and O–H groups in total. The predicted molar refractivity (Wildman–Crippen MR) is 83.9 cm³/mol. The Hall–Kier alpha value is -1.40. The first kappa shape index (κ1) is 15.0. The van der Waals surface area contributed by atoms with Crippen LogP contribution in [-0.2, 0) is 4.74 Å². The molecule has 6 heteroatoms. The number of carbonyl (C=O) groups is 1. The van der Waals surface area contributed by atoms with Gasteiger partial charge in [0.05, 0.1) is 6.61 Å². The summed E-state index contributed by atoms with van der Waals surface area (Å²) in [6.45, 7) is 1.12. The largest absolute Gasteiger partial charge is 0.399 e. The molecule has 1 aliphatic heterocycles. The van der Waals surface area contributed by atoms with Crippen LogP contribution >= 0.6 is 11.8 Å². The number of nitrogens with two attached hydrogens (primary N) is 2. The van der Waals surface area contributed by atoms with E-state index in [1.807, 2.05) is 16.7 Å². The number of hydrogen-bond acceptors (Lipinski definition) is 5. The van der Waals surface area contributed by atoms with Crippen molar-refractivity contribution in [3.63, 3.8) is 0 Å². The number of hydrogen-bond donors (Lipinski definition) is 2. The third-order valence-corrected chi connectivity index (χ3v) is 4.51. The average Bonchev–Trinajstić information content (AvgIpc) is 2.91. The van der Waals surface area contributed by atoms with Gasteiger partial charge in [0.25, 0.3) is 5.91 Å². The number of nitrogen functional groups attached to an aromatic ring is 2. The zero-order chi connectivity index (χ0) is 14.5. The minimum Gasteiger partial charge on any atom is -0.399 e. The first-order chi connectivity index (χ1) is 9.61. The van der Waals surface area contributed by atoms with E-state index in [0.29, 0.717) is 30.1 Å². The summed E-state index contributed by atoms with van der Waals surface area (Å²) in [5.74, 6) is 2.06. The van der Waals surface area contributed by atoms with Gasteiger partial charge in [-0.3, -0.25) is 4.79 Å². The van der Waals surface area contributed by atoms with E-state index >= 15 is 0 Å². The molecule has 0 aromatic heterocycles. The van der Waals surface area contributed by atoms with Crippen molar-refractivity contribution in [3.05, 3.63) is 23.8 Å². The van der Waals surface area contributed by atoms with E-state index in [2.05, 4.69) is 0 Å². The molecule has 110 valence electrons. The number of rotatable bonds is 5. The second kappa shape index (κ2) is 6.85. The summed E-state index contributed by atoms with van der Waals surface area (Å²) in [6, 6.07) is 5.29. The molecule has 1 unspecified atom stereocenters. The van der Waals surface area contributed by atoms with Gasteiger partial charge in [-0.15, -0.1) is 0 Å². The first-order valence-corrected chi connectivity index (χ1v) is 7.81. The molecular weight excluding hydrogens is 274 g/mol. The minimum absolute atomic E-state index is 0.0199. The Labute approximate surface area is 123 Å². The molecule has 1 aliphatic rings. The summed E-state index contributed by atoms with van der Waals surface area (Å²) in [6.07, 6.45) is 1.03. The molecule has 1 heterocycles. The average molecular weight is 295 g/mol. The van der Waals surface area contributed by atoms with Gasteiger partial charge >= 0.3 is 0 Å². The Morgan fingerprint density at radius 2 is 2.10 bits per heavy atom. The number of methoxy groups -OCH3 is 1. The zero-order valence-corrected chi connectivity index (χ0v) is 12.5. The number of carbonyl (C=O) groups excluding carboxylic acids is 1. The van der Waals surface area contributed by atoms with Crippen molar-refractivity contribution in [2.24, 2.45) is 0 Å². The van der Waals surface area contributed by atoms with Crippen molar-refractivity contribution in [2.75, 3.05) is 43.2 Å². The molecule has 1 amide bonds. The first-order valence-electron chi connectivity index (χ1n) is 6.65. The van der Waals surface area contributed by atoms with E-state index in [0.717, 1.165) is 17.9 Å². The summed E-state index contributed by atoms with van der Waals surface area (Å²) < 4.78 is 5.12. The molecule has 1 saturated heterocycles. The maximum atomic E-state index is 12.7. The van der Waals surface area contributed by atoms with Gasteiger partial charge in [-0.1, -0.05) is 0 Å². The fourth-order valence-electron chi connectivity index (χ4n) is 2.37. The number of amides is 1. The van der Waals surface area contributed by atoms with E-state index in [9.17, 15) is 4.79 Å². The van der Waals surface area contributed by atoms with Crippen LogP contribution in [0, 0.1) is 0 Å². The molecule has 20 heavy (non-hydrogen) atoms. The molecule has 1 aromatic rings. The van der Waals surface area contributed by atoms with Crippen LogP contribution in [0.3, 0.4) is 0 Å². The SMILES string of the molecule is COCCN(C(=O)c1cc(N)cc(N)c1)C1CCSC1. The Kier molecular flexibility index (Phi) is 5.14. The predicted octanol–water partition coefficient (Wildman–Crippen LogP) is 1.45. The molecule has 5 nitrogen and oxygen atoms in total. The molecule has 1 aromatic carbocycles. The molecule has 2 rings (SSSR count). The highest BCUT2D eigenvalue weighted by atomic mass is 32.2. The lowest BCUT2D eigenvalue weighted by atomic mass is 10.1. The number of benzene rings is 1. The van der Waals surface area contributed by atoms with Gasteiger partial charge in [0.2, 0.25) is 0 Å². The van der Waals surface area contributed by atoms with Crippen LogP contribution in [0.25, 0.3) is 0 Å². The van der Waals surface area contributed by atoms with E-state index in [1.165, 1.54) is 0 Å². The Morgan fingerprint density at radius 1 is 1.40 bits per heavy atom. The summed E-state index contributed by atoms with van der Waals surface area (Å²) in [4.78, 5) is 14.6. The second-order valence-corrected chi connectivity index (χ2v) is 6.05. The highest BCUT2D eigenvalue weighted by molar-refractivity contribution is 7.99. The van der Waals surface area contributed by atoms with Crippen molar-refractivity contribution in [1.29, 1.82) is 0 Å². The lowest BCUT2D eigenvalue weighted by molar-refractivity contribution is 0.0625. The summed E-state index contributed by atoms with van der Waals surface area (Å²) in [5, 5.41) is 0. The van der Waals surface area contributed by atoms with Gasteiger partial charge in [0, 0.05) is 42.4 Å². The Balaban J connectivity index is 2.19. The fourth-order valence-corrected chi connectivity index (χ4v) is 3.60. The monoisotopic (exact) mass is 295 g/mol. The topological polar surface area (TPSA) is 81.6 Å². The van der Waals surface area contributed by atoms with E-state index in [-0.39, 0.29) is 11.9 Å². The summed E-state index contributed by atoms with van der Waals surface area (Å²) in [5.41, 5.74) is 13.1. The van der Waals surface area contributed by atoms with Gasteiger partial charge in [-0.05, 0) is 30.4 Å². The van der Waals surface area contributed by atoms with Crippen LogP contribution in [-0.4, -0.2) is 48.6 Å². The quantitative estimate of drug-likeness (QED) is 0.803. The Bertz CT molecular complexity index is 455. The normalized spacial score (nSPS) is 18.1. The second-order valence-electron chi connectivity index (χ2n) is 4.90. The van der Waals surface area contributed by atoms with Gasteiger partial charge in [-0.25, -0.2) is 0 Å². The van der Waals surface area contributed by atoms with Crippen LogP contribution in [0.15, 0.2) is 18.2 Å². The smallest absolute Gasteiger partial charge is 0.254 e. The molecular formula is C14H21N3O2S. The lowest BCUT2D eigenvalue weighted by Gasteiger charge is -2.28. The zero-order valence-electron chi connectivity index (χ0n) is 11.7. The number of anilines is 2. The van der Waals surface area contributed by atoms with E-state index < -0.39 is 0 Å². The number of ether oxygens (including phenoxy) is 1. The molecule has 0 aliphatic carbocycles. The molecule has 1 fully saturated rings. The van der Waals surface area contributed by atoms with Gasteiger partial charge in [-0.2, -0.15) is 11.8 Å². The molecule has 1 atom stereocenters. The van der Waals surface area contributed by atoms with Crippen LogP contribution in [0.2, 0.25) is 0 Å². The van der Waals surface area contributed by atoms with Crippen molar-refractivity contribution in [1.82, 2.24) is 4.90 Å². The van der Waals surface area contributed by atoms with Crippen molar-refractivity contribution >= 4 is 29.0 Å². The maximum absolute atomic E-state index is 12.7. The summed E-state index contributed by atoms with van der Waals surface area (Å²) >= 11 is 1.88. The van der Waals surface area contributed by atoms with E-state index in [4.69, 9.17) is 16.2 Å². The number of nitrogens with zero attached hydrogens (tertiary/aromatic N) is 1. The van der Waals surface area contributed by atoms with Crippen molar-refractivity contribution < 1.29 is 9.53 Å². The number of thioether (sulfide) groups is 1. The van der Waals surface area contributed by atoms with Crippen LogP contribution in [0.1, 0.15) is 16.8 Å². The molecule has 0 spiro atoms. The van der Waals surface area contributed by atoms with E-state index in [1.54, 1.807) is 25.3 Å². The highest BCUT2D eigenvalue weighted by Gasteiger charge is 2.27.